The first-order chi connectivity index (χ1) is 16.1. The molecule has 0 spiro atoms. The van der Waals surface area contributed by atoms with Crippen molar-refractivity contribution in [1.82, 2.24) is 4.40 Å². The Morgan fingerprint density at radius 3 is 2.30 bits per heavy atom. The number of rotatable bonds is 5. The molecule has 4 aromatic rings. The van der Waals surface area contributed by atoms with Crippen molar-refractivity contribution in [3.05, 3.63) is 90.8 Å². The highest BCUT2D eigenvalue weighted by molar-refractivity contribution is 7.96. The summed E-state index contributed by atoms with van der Waals surface area (Å²) in [6, 6.07) is 25.1. The van der Waals surface area contributed by atoms with Gasteiger partial charge in [-0.3, -0.25) is 9.59 Å². The van der Waals surface area contributed by atoms with Crippen molar-refractivity contribution >= 4 is 39.5 Å². The Morgan fingerprint density at radius 1 is 0.879 bits per heavy atom. The maximum Gasteiger partial charge on any atom is 0.298 e. The van der Waals surface area contributed by atoms with E-state index in [4.69, 9.17) is 0 Å². The van der Waals surface area contributed by atoms with Gasteiger partial charge in [-0.15, -0.1) is 0 Å². The molecule has 0 radical (unpaired) electrons. The van der Waals surface area contributed by atoms with Crippen LogP contribution in [-0.2, 0) is 15.7 Å². The number of amides is 1. The standard InChI is InChI=1S/C27H25N3O2S/c1-33-17-15-29(16-18-33)22-12-10-21(11-13-22)28-27(32)26(31)25-24(20-7-3-2-4-8-20)19-23-9-5-6-14-30(23)25/h2-14,19H,15-18H2,1H3/p+1. The molecule has 2 aromatic carbocycles. The van der Waals surface area contributed by atoms with Crippen LogP contribution in [0.3, 0.4) is 0 Å². The first-order valence-electron chi connectivity index (χ1n) is 11.1. The molecule has 1 fully saturated rings. The molecule has 1 aliphatic heterocycles. The van der Waals surface area contributed by atoms with Crippen LogP contribution in [0.15, 0.2) is 85.1 Å². The van der Waals surface area contributed by atoms with Crippen molar-refractivity contribution in [3.8, 4) is 11.1 Å². The van der Waals surface area contributed by atoms with E-state index in [1.54, 1.807) is 4.40 Å². The van der Waals surface area contributed by atoms with Gasteiger partial charge in [0.1, 0.15) is 17.2 Å². The van der Waals surface area contributed by atoms with Crippen LogP contribution in [0.5, 0.6) is 0 Å². The Balaban J connectivity index is 1.38. The summed E-state index contributed by atoms with van der Waals surface area (Å²) in [5, 5.41) is 2.79. The molecule has 5 rings (SSSR count). The zero-order chi connectivity index (χ0) is 22.8. The van der Waals surface area contributed by atoms with Gasteiger partial charge in [0, 0.05) is 28.7 Å². The molecule has 1 N–H and O–H groups in total. The van der Waals surface area contributed by atoms with E-state index in [9.17, 15) is 9.59 Å². The Labute approximate surface area is 196 Å². The minimum absolute atomic E-state index is 0.370. The number of aromatic nitrogens is 1. The molecule has 0 saturated carbocycles. The summed E-state index contributed by atoms with van der Waals surface area (Å²) in [5.74, 6) is 1.25. The third-order valence-electron chi connectivity index (χ3n) is 6.10. The van der Waals surface area contributed by atoms with Gasteiger partial charge >= 0.3 is 0 Å². The number of benzene rings is 2. The van der Waals surface area contributed by atoms with Crippen LogP contribution in [0.4, 0.5) is 11.4 Å². The van der Waals surface area contributed by atoms with Crippen molar-refractivity contribution < 1.29 is 9.59 Å². The lowest BCUT2D eigenvalue weighted by atomic mass is 10.0. The zero-order valence-corrected chi connectivity index (χ0v) is 19.3. The quantitative estimate of drug-likeness (QED) is 0.273. The van der Waals surface area contributed by atoms with Crippen LogP contribution in [-0.4, -0.2) is 46.9 Å². The molecular formula is C27H26N3O2S+. The van der Waals surface area contributed by atoms with Crippen molar-refractivity contribution in [2.75, 3.05) is 41.1 Å². The number of carbonyl (C=O) groups is 2. The minimum atomic E-state index is -0.642. The van der Waals surface area contributed by atoms with Gasteiger partial charge in [0.25, 0.3) is 11.7 Å². The Bertz CT molecular complexity index is 1290. The van der Waals surface area contributed by atoms with Gasteiger partial charge < -0.3 is 14.6 Å². The second-order valence-electron chi connectivity index (χ2n) is 8.28. The van der Waals surface area contributed by atoms with E-state index in [1.807, 2.05) is 85.1 Å². The van der Waals surface area contributed by atoms with Gasteiger partial charge in [0.2, 0.25) is 0 Å². The second kappa shape index (κ2) is 9.16. The minimum Gasteiger partial charge on any atom is -0.362 e. The van der Waals surface area contributed by atoms with E-state index in [1.165, 1.54) is 11.5 Å². The van der Waals surface area contributed by atoms with Crippen molar-refractivity contribution in [2.24, 2.45) is 0 Å². The Hall–Kier alpha value is -3.51. The Kier molecular flexibility index (Phi) is 5.92. The third kappa shape index (κ3) is 4.39. The molecule has 1 saturated heterocycles. The lowest BCUT2D eigenvalue weighted by molar-refractivity contribution is -0.112. The predicted molar refractivity (Wildman–Crippen MR) is 137 cm³/mol. The molecule has 33 heavy (non-hydrogen) atoms. The smallest absolute Gasteiger partial charge is 0.298 e. The van der Waals surface area contributed by atoms with E-state index >= 15 is 0 Å². The lowest BCUT2D eigenvalue weighted by Crippen LogP contribution is -2.39. The lowest BCUT2D eigenvalue weighted by Gasteiger charge is -2.27. The number of anilines is 2. The third-order valence-corrected chi connectivity index (χ3v) is 7.85. The average Bonchev–Trinajstić information content (AvgIpc) is 3.25. The van der Waals surface area contributed by atoms with Crippen LogP contribution in [0.25, 0.3) is 16.6 Å². The fraction of sp³-hybridized carbons (Fsp3) is 0.185. The molecular weight excluding hydrogens is 430 g/mol. The van der Waals surface area contributed by atoms with E-state index in [0.717, 1.165) is 35.4 Å². The summed E-state index contributed by atoms with van der Waals surface area (Å²) in [6.45, 7) is 2.13. The molecule has 2 aromatic heterocycles. The van der Waals surface area contributed by atoms with Crippen LogP contribution < -0.4 is 10.2 Å². The van der Waals surface area contributed by atoms with Gasteiger partial charge in [-0.25, -0.2) is 0 Å². The highest BCUT2D eigenvalue weighted by Gasteiger charge is 2.25. The monoisotopic (exact) mass is 456 g/mol. The van der Waals surface area contributed by atoms with E-state index in [2.05, 4.69) is 16.5 Å². The number of carbonyl (C=O) groups excluding carboxylic acids is 2. The maximum atomic E-state index is 13.3. The van der Waals surface area contributed by atoms with Crippen LogP contribution in [0, 0.1) is 0 Å². The van der Waals surface area contributed by atoms with Crippen LogP contribution in [0.1, 0.15) is 10.5 Å². The summed E-state index contributed by atoms with van der Waals surface area (Å²) in [4.78, 5) is 28.7. The fourth-order valence-electron chi connectivity index (χ4n) is 4.25. The summed E-state index contributed by atoms with van der Waals surface area (Å²) < 4.78 is 1.78. The molecule has 0 unspecified atom stereocenters. The van der Waals surface area contributed by atoms with E-state index in [-0.39, 0.29) is 0 Å². The maximum absolute atomic E-state index is 13.3. The number of pyridine rings is 1. The highest BCUT2D eigenvalue weighted by atomic mass is 32.2. The van der Waals surface area contributed by atoms with Crippen molar-refractivity contribution in [2.45, 2.75) is 0 Å². The van der Waals surface area contributed by atoms with E-state index < -0.39 is 11.7 Å². The molecule has 1 aliphatic rings. The number of nitrogens with zero attached hydrogens (tertiary/aromatic N) is 2. The van der Waals surface area contributed by atoms with Gasteiger partial charge in [-0.1, -0.05) is 36.4 Å². The molecule has 5 nitrogen and oxygen atoms in total. The summed E-state index contributed by atoms with van der Waals surface area (Å²) in [7, 11) is 0.519. The first kappa shape index (κ1) is 21.3. The summed E-state index contributed by atoms with van der Waals surface area (Å²) in [5.41, 5.74) is 4.66. The SMILES string of the molecule is C[S+]1CCN(c2ccc(NC(=O)C(=O)c3c(-c4ccccc4)cc4ccccn34)cc2)CC1. The summed E-state index contributed by atoms with van der Waals surface area (Å²) >= 11 is 0. The van der Waals surface area contributed by atoms with E-state index in [0.29, 0.717) is 22.3 Å². The topological polar surface area (TPSA) is 53.8 Å². The zero-order valence-electron chi connectivity index (χ0n) is 18.5. The number of ketones is 1. The average molecular weight is 457 g/mol. The first-order valence-corrected chi connectivity index (χ1v) is 13.0. The van der Waals surface area contributed by atoms with Crippen molar-refractivity contribution in [3.63, 3.8) is 0 Å². The number of Topliss-reactive ketones (excluding diaryl/α,β-unsaturated/α-hetero) is 1. The molecule has 0 aliphatic carbocycles. The molecule has 1 amide bonds. The Morgan fingerprint density at radius 2 is 1.58 bits per heavy atom. The predicted octanol–water partition coefficient (Wildman–Crippen LogP) is 4.50. The number of hydrogen-bond donors (Lipinski definition) is 1. The number of hydrogen-bond acceptors (Lipinski definition) is 3. The molecule has 0 bridgehead atoms. The normalized spacial score (nSPS) is 14.4. The van der Waals surface area contributed by atoms with Crippen molar-refractivity contribution in [1.29, 1.82) is 0 Å². The number of fused-ring (bicyclic) bond motifs is 1. The fourth-order valence-corrected chi connectivity index (χ4v) is 5.52. The summed E-state index contributed by atoms with van der Waals surface area (Å²) in [6.07, 6.45) is 4.14. The van der Waals surface area contributed by atoms with Gasteiger partial charge in [0.15, 0.2) is 0 Å². The molecule has 6 heteroatoms. The van der Waals surface area contributed by atoms with Gasteiger partial charge in [0.05, 0.1) is 19.3 Å². The van der Waals surface area contributed by atoms with Crippen LogP contribution in [0.2, 0.25) is 0 Å². The highest BCUT2D eigenvalue weighted by Crippen LogP contribution is 2.28. The van der Waals surface area contributed by atoms with Crippen LogP contribution >= 0.6 is 0 Å². The number of nitrogens with one attached hydrogen (secondary N) is 1. The molecule has 0 atom stereocenters. The second-order valence-corrected chi connectivity index (χ2v) is 10.7. The van der Waals surface area contributed by atoms with Gasteiger partial charge in [-0.2, -0.15) is 0 Å². The largest absolute Gasteiger partial charge is 0.362 e. The molecule has 3 heterocycles. The van der Waals surface area contributed by atoms with Gasteiger partial charge in [-0.05, 0) is 58.9 Å². The molecule has 166 valence electrons.